The molecule has 0 bridgehead atoms. The standard InChI is InChI=1S/C23H28F3N3O3S/c1-2-32-22(31)16-7-5-15(6-8-16)12-20(30)28-10-9-18-19(14-28)29(13-17-4-3-11-33-17)27-21(18)23(24,25)26/h3-4,11,15-16H,2,5-10,12-14H2,1H3. The molecule has 4 rings (SSSR count). The molecule has 0 unspecified atom stereocenters. The second-order valence-corrected chi connectivity index (χ2v) is 9.78. The number of alkyl halides is 3. The summed E-state index contributed by atoms with van der Waals surface area (Å²) < 4.78 is 47.3. The van der Waals surface area contributed by atoms with Crippen molar-refractivity contribution in [2.45, 2.75) is 64.7 Å². The van der Waals surface area contributed by atoms with Crippen molar-refractivity contribution in [3.8, 4) is 0 Å². The van der Waals surface area contributed by atoms with Crippen LogP contribution < -0.4 is 0 Å². The summed E-state index contributed by atoms with van der Waals surface area (Å²) in [4.78, 5) is 27.5. The number of hydrogen-bond acceptors (Lipinski definition) is 5. The minimum absolute atomic E-state index is 0.0438. The molecule has 2 aliphatic rings. The van der Waals surface area contributed by atoms with Crippen molar-refractivity contribution in [1.82, 2.24) is 14.7 Å². The summed E-state index contributed by atoms with van der Waals surface area (Å²) in [5, 5.41) is 5.78. The fourth-order valence-electron chi connectivity index (χ4n) is 4.84. The van der Waals surface area contributed by atoms with Gasteiger partial charge in [0.15, 0.2) is 5.69 Å². The molecule has 1 amide bonds. The third-order valence-electron chi connectivity index (χ3n) is 6.58. The molecule has 0 aromatic carbocycles. The molecule has 1 saturated carbocycles. The van der Waals surface area contributed by atoms with E-state index in [1.807, 2.05) is 17.5 Å². The van der Waals surface area contributed by atoms with Crippen LogP contribution in [-0.4, -0.2) is 39.7 Å². The zero-order chi connectivity index (χ0) is 23.6. The summed E-state index contributed by atoms with van der Waals surface area (Å²) in [6.07, 6.45) is -1.03. The molecule has 0 radical (unpaired) electrons. The van der Waals surface area contributed by atoms with Gasteiger partial charge in [0.05, 0.1) is 31.3 Å². The quantitative estimate of drug-likeness (QED) is 0.561. The second kappa shape index (κ2) is 9.87. The Morgan fingerprint density at radius 2 is 2.00 bits per heavy atom. The van der Waals surface area contributed by atoms with Gasteiger partial charge in [0.1, 0.15) is 0 Å². The molecule has 0 saturated heterocycles. The molecule has 1 fully saturated rings. The molecule has 0 spiro atoms. The minimum Gasteiger partial charge on any atom is -0.466 e. The number of halogens is 3. The lowest BCUT2D eigenvalue weighted by Gasteiger charge is -2.31. The van der Waals surface area contributed by atoms with Crippen LogP contribution in [0.1, 0.15) is 60.9 Å². The highest BCUT2D eigenvalue weighted by molar-refractivity contribution is 7.09. The van der Waals surface area contributed by atoms with Gasteiger partial charge in [-0.3, -0.25) is 14.3 Å². The van der Waals surface area contributed by atoms with E-state index >= 15 is 0 Å². The molecule has 33 heavy (non-hydrogen) atoms. The molecule has 3 heterocycles. The average Bonchev–Trinajstić information content (AvgIpc) is 3.42. The van der Waals surface area contributed by atoms with Crippen molar-refractivity contribution < 1.29 is 27.5 Å². The van der Waals surface area contributed by atoms with Gasteiger partial charge in [0, 0.05) is 23.4 Å². The number of carbonyl (C=O) groups excluding carboxylic acids is 2. The topological polar surface area (TPSA) is 64.4 Å². The summed E-state index contributed by atoms with van der Waals surface area (Å²) in [6.45, 7) is 2.82. The van der Waals surface area contributed by atoms with Crippen LogP contribution in [0.25, 0.3) is 0 Å². The molecule has 180 valence electrons. The number of thiophene rings is 1. The molecule has 1 aliphatic heterocycles. The molecular formula is C23H28F3N3O3S. The summed E-state index contributed by atoms with van der Waals surface area (Å²) in [5.41, 5.74) is -0.155. The fourth-order valence-corrected chi connectivity index (χ4v) is 5.53. The molecule has 0 atom stereocenters. The summed E-state index contributed by atoms with van der Waals surface area (Å²) in [6, 6.07) is 3.72. The molecular weight excluding hydrogens is 455 g/mol. The van der Waals surface area contributed by atoms with E-state index in [4.69, 9.17) is 4.74 Å². The third-order valence-corrected chi connectivity index (χ3v) is 7.44. The molecule has 2 aromatic rings. The maximum absolute atomic E-state index is 13.6. The van der Waals surface area contributed by atoms with E-state index in [1.54, 1.807) is 11.8 Å². The van der Waals surface area contributed by atoms with E-state index in [1.165, 1.54) is 16.0 Å². The molecule has 1 aliphatic carbocycles. The number of esters is 1. The van der Waals surface area contributed by atoms with E-state index in [0.717, 1.165) is 17.7 Å². The van der Waals surface area contributed by atoms with Crippen molar-refractivity contribution in [1.29, 1.82) is 0 Å². The minimum atomic E-state index is -4.52. The van der Waals surface area contributed by atoms with Gasteiger partial charge < -0.3 is 9.64 Å². The van der Waals surface area contributed by atoms with Crippen LogP contribution in [0.2, 0.25) is 0 Å². The van der Waals surface area contributed by atoms with Gasteiger partial charge in [-0.15, -0.1) is 11.3 Å². The predicted octanol–water partition coefficient (Wildman–Crippen LogP) is 4.66. The fraction of sp³-hybridized carbons (Fsp3) is 0.609. The normalized spacial score (nSPS) is 21.0. The smallest absolute Gasteiger partial charge is 0.435 e. The van der Waals surface area contributed by atoms with Crippen LogP contribution in [0.5, 0.6) is 0 Å². The maximum atomic E-state index is 13.6. The maximum Gasteiger partial charge on any atom is 0.435 e. The highest BCUT2D eigenvalue weighted by atomic mass is 32.1. The zero-order valence-electron chi connectivity index (χ0n) is 18.6. The Balaban J connectivity index is 1.42. The Morgan fingerprint density at radius 3 is 2.64 bits per heavy atom. The lowest BCUT2D eigenvalue weighted by Crippen LogP contribution is -2.38. The van der Waals surface area contributed by atoms with Gasteiger partial charge in [-0.25, -0.2) is 0 Å². The first-order valence-electron chi connectivity index (χ1n) is 11.4. The number of aromatic nitrogens is 2. The summed E-state index contributed by atoms with van der Waals surface area (Å²) in [7, 11) is 0. The van der Waals surface area contributed by atoms with Crippen molar-refractivity contribution in [2.24, 2.45) is 11.8 Å². The van der Waals surface area contributed by atoms with E-state index < -0.39 is 11.9 Å². The van der Waals surface area contributed by atoms with Gasteiger partial charge in [-0.05, 0) is 56.4 Å². The van der Waals surface area contributed by atoms with Crippen LogP contribution >= 0.6 is 11.3 Å². The van der Waals surface area contributed by atoms with Crippen molar-refractivity contribution in [3.63, 3.8) is 0 Å². The highest BCUT2D eigenvalue weighted by Crippen LogP contribution is 2.36. The number of hydrogen-bond donors (Lipinski definition) is 0. The first-order valence-corrected chi connectivity index (χ1v) is 12.3. The number of nitrogens with zero attached hydrogens (tertiary/aromatic N) is 3. The number of carbonyl (C=O) groups is 2. The first-order chi connectivity index (χ1) is 15.8. The first kappa shape index (κ1) is 23.8. The summed E-state index contributed by atoms with van der Waals surface area (Å²) >= 11 is 1.47. The van der Waals surface area contributed by atoms with E-state index in [-0.39, 0.29) is 55.3 Å². The van der Waals surface area contributed by atoms with Gasteiger partial charge in [0.25, 0.3) is 0 Å². The molecule has 10 heteroatoms. The van der Waals surface area contributed by atoms with E-state index in [2.05, 4.69) is 5.10 Å². The molecule has 6 nitrogen and oxygen atoms in total. The van der Waals surface area contributed by atoms with Gasteiger partial charge in [-0.2, -0.15) is 18.3 Å². The van der Waals surface area contributed by atoms with Gasteiger partial charge >= 0.3 is 12.1 Å². The van der Waals surface area contributed by atoms with Crippen LogP contribution in [0.15, 0.2) is 17.5 Å². The third kappa shape index (κ3) is 5.42. The van der Waals surface area contributed by atoms with Crippen LogP contribution in [0.4, 0.5) is 13.2 Å². The monoisotopic (exact) mass is 483 g/mol. The SMILES string of the molecule is CCOC(=O)C1CCC(CC(=O)N2CCc3c(C(F)(F)F)nn(Cc4cccs4)c3C2)CC1. The molecule has 0 N–H and O–H groups in total. The van der Waals surface area contributed by atoms with Crippen molar-refractivity contribution in [3.05, 3.63) is 39.3 Å². The number of rotatable bonds is 6. The lowest BCUT2D eigenvalue weighted by atomic mass is 9.80. The van der Waals surface area contributed by atoms with Crippen LogP contribution in [0.3, 0.4) is 0 Å². The van der Waals surface area contributed by atoms with Gasteiger partial charge in [0.2, 0.25) is 5.91 Å². The Morgan fingerprint density at radius 1 is 1.24 bits per heavy atom. The Kier molecular flexibility index (Phi) is 7.11. The van der Waals surface area contributed by atoms with Crippen LogP contribution in [-0.2, 0) is 40.0 Å². The largest absolute Gasteiger partial charge is 0.466 e. The van der Waals surface area contributed by atoms with Gasteiger partial charge in [-0.1, -0.05) is 6.07 Å². The number of ether oxygens (including phenoxy) is 1. The zero-order valence-corrected chi connectivity index (χ0v) is 19.4. The second-order valence-electron chi connectivity index (χ2n) is 8.75. The predicted molar refractivity (Wildman–Crippen MR) is 116 cm³/mol. The lowest BCUT2D eigenvalue weighted by molar-refractivity contribution is -0.149. The number of fused-ring (bicyclic) bond motifs is 1. The Bertz CT molecular complexity index is 979. The van der Waals surface area contributed by atoms with Crippen molar-refractivity contribution >= 4 is 23.2 Å². The number of amides is 1. The Hall–Kier alpha value is -2.36. The van der Waals surface area contributed by atoms with Crippen LogP contribution in [0, 0.1) is 11.8 Å². The van der Waals surface area contributed by atoms with Crippen molar-refractivity contribution in [2.75, 3.05) is 13.2 Å². The molecule has 2 aromatic heterocycles. The van der Waals surface area contributed by atoms with E-state index in [0.29, 0.717) is 31.6 Å². The highest BCUT2D eigenvalue weighted by Gasteiger charge is 2.41. The average molecular weight is 484 g/mol. The Labute approximate surface area is 194 Å². The van der Waals surface area contributed by atoms with E-state index in [9.17, 15) is 22.8 Å². The summed E-state index contributed by atoms with van der Waals surface area (Å²) in [5.74, 6) is -0.115.